The van der Waals surface area contributed by atoms with E-state index in [-0.39, 0.29) is 0 Å². The van der Waals surface area contributed by atoms with Crippen molar-refractivity contribution < 1.29 is 5.21 Å². The molecule has 0 heterocycles. The van der Waals surface area contributed by atoms with Crippen LogP contribution in [0, 0.1) is 0 Å². The molecule has 0 saturated heterocycles. The molecule has 108 valence electrons. The smallest absolute Gasteiger partial charge is 0.139 e. The normalized spacial score (nSPS) is 12.6. The number of amidine groups is 1. The van der Waals surface area contributed by atoms with Crippen LogP contribution >= 0.6 is 0 Å². The topological polar surface area (TPSA) is 73.9 Å². The first kappa shape index (κ1) is 17.2. The van der Waals surface area contributed by atoms with Crippen molar-refractivity contribution in [2.45, 2.75) is 52.0 Å². The zero-order chi connectivity index (χ0) is 13.8. The van der Waals surface area contributed by atoms with Crippen LogP contribution in [0.2, 0.25) is 0 Å². The summed E-state index contributed by atoms with van der Waals surface area (Å²) in [6.45, 7) is 7.70. The van der Waals surface area contributed by atoms with E-state index in [4.69, 9.17) is 10.9 Å². The van der Waals surface area contributed by atoms with Gasteiger partial charge in [0.2, 0.25) is 0 Å². The van der Waals surface area contributed by atoms with Gasteiger partial charge in [-0.1, -0.05) is 5.16 Å². The second kappa shape index (κ2) is 11.3. The highest BCUT2D eigenvalue weighted by Gasteiger charge is 2.01. The highest BCUT2D eigenvalue weighted by Crippen LogP contribution is 1.98. The molecule has 0 rings (SSSR count). The number of hydrogen-bond acceptors (Lipinski definition) is 4. The largest absolute Gasteiger partial charge is 0.409 e. The molecule has 0 bridgehead atoms. The Morgan fingerprint density at radius 1 is 1.22 bits per heavy atom. The van der Waals surface area contributed by atoms with Gasteiger partial charge in [-0.05, 0) is 66.2 Å². The van der Waals surface area contributed by atoms with Crippen LogP contribution in [0.25, 0.3) is 0 Å². The van der Waals surface area contributed by atoms with Crippen molar-refractivity contribution in [3.8, 4) is 0 Å². The van der Waals surface area contributed by atoms with Crippen LogP contribution in [-0.2, 0) is 0 Å². The molecule has 0 aromatic carbocycles. The zero-order valence-corrected chi connectivity index (χ0v) is 12.2. The zero-order valence-electron chi connectivity index (χ0n) is 12.2. The predicted octanol–water partition coefficient (Wildman–Crippen LogP) is 1.61. The third kappa shape index (κ3) is 10.4. The SMILES string of the molecule is CC(C)N(C)CCCCNCCCCC(N)=NO. The van der Waals surface area contributed by atoms with Crippen LogP contribution in [0.4, 0.5) is 0 Å². The first-order valence-electron chi connectivity index (χ1n) is 6.95. The van der Waals surface area contributed by atoms with Crippen molar-refractivity contribution in [3.63, 3.8) is 0 Å². The maximum absolute atomic E-state index is 8.36. The Morgan fingerprint density at radius 3 is 2.39 bits per heavy atom. The molecule has 4 N–H and O–H groups in total. The second-order valence-corrected chi connectivity index (χ2v) is 5.08. The highest BCUT2D eigenvalue weighted by molar-refractivity contribution is 5.79. The molecule has 0 spiro atoms. The maximum Gasteiger partial charge on any atom is 0.139 e. The van der Waals surface area contributed by atoms with E-state index in [1.807, 2.05) is 0 Å². The summed E-state index contributed by atoms with van der Waals surface area (Å²) < 4.78 is 0. The van der Waals surface area contributed by atoms with Gasteiger partial charge in [-0.2, -0.15) is 0 Å². The fourth-order valence-electron chi connectivity index (χ4n) is 1.60. The Hall–Kier alpha value is -0.810. The van der Waals surface area contributed by atoms with Gasteiger partial charge < -0.3 is 21.2 Å². The van der Waals surface area contributed by atoms with Gasteiger partial charge in [-0.15, -0.1) is 0 Å². The molecule has 0 aliphatic heterocycles. The van der Waals surface area contributed by atoms with Crippen molar-refractivity contribution in [1.82, 2.24) is 10.2 Å². The molecule has 0 aromatic heterocycles. The van der Waals surface area contributed by atoms with Gasteiger partial charge in [0.25, 0.3) is 0 Å². The average Bonchev–Trinajstić information content (AvgIpc) is 2.35. The molecular weight excluding hydrogens is 228 g/mol. The van der Waals surface area contributed by atoms with E-state index < -0.39 is 0 Å². The lowest BCUT2D eigenvalue weighted by atomic mass is 10.2. The Labute approximate surface area is 111 Å². The standard InChI is InChI=1S/C13H30N4O/c1-12(2)17(3)11-7-6-10-15-9-5-4-8-13(14)16-18/h12,15,18H,4-11H2,1-3H3,(H2,14,16). The van der Waals surface area contributed by atoms with Crippen LogP contribution in [0.3, 0.4) is 0 Å². The number of oxime groups is 1. The Kier molecular flexibility index (Phi) is 10.8. The number of nitrogens with one attached hydrogen (secondary N) is 1. The molecule has 0 aliphatic rings. The Balaban J connectivity index is 3.17. The third-order valence-corrected chi connectivity index (χ3v) is 3.16. The van der Waals surface area contributed by atoms with Gasteiger partial charge in [0.15, 0.2) is 0 Å². The summed E-state index contributed by atoms with van der Waals surface area (Å²) in [5.74, 6) is 0.326. The van der Waals surface area contributed by atoms with Crippen LogP contribution < -0.4 is 11.1 Å². The fourth-order valence-corrected chi connectivity index (χ4v) is 1.60. The van der Waals surface area contributed by atoms with Gasteiger partial charge in [-0.25, -0.2) is 0 Å². The summed E-state index contributed by atoms with van der Waals surface area (Å²) in [6, 6.07) is 0.636. The molecular formula is C13H30N4O. The fraction of sp³-hybridized carbons (Fsp3) is 0.923. The van der Waals surface area contributed by atoms with E-state index >= 15 is 0 Å². The lowest BCUT2D eigenvalue weighted by Crippen LogP contribution is -2.28. The predicted molar refractivity (Wildman–Crippen MR) is 77.1 cm³/mol. The van der Waals surface area contributed by atoms with Gasteiger partial charge in [0.05, 0.1) is 0 Å². The first-order chi connectivity index (χ1) is 8.57. The Bertz CT molecular complexity index is 219. The molecule has 0 saturated carbocycles. The van der Waals surface area contributed by atoms with Crippen molar-refractivity contribution >= 4 is 5.84 Å². The lowest BCUT2D eigenvalue weighted by molar-refractivity contribution is 0.268. The summed E-state index contributed by atoms with van der Waals surface area (Å²) in [5, 5.41) is 14.7. The summed E-state index contributed by atoms with van der Waals surface area (Å²) in [4.78, 5) is 2.37. The van der Waals surface area contributed by atoms with E-state index in [1.165, 1.54) is 19.4 Å². The maximum atomic E-state index is 8.36. The number of nitrogens with zero attached hydrogens (tertiary/aromatic N) is 2. The molecule has 0 unspecified atom stereocenters. The molecule has 5 nitrogen and oxygen atoms in total. The molecule has 0 aromatic rings. The molecule has 0 radical (unpaired) electrons. The van der Waals surface area contributed by atoms with Gasteiger partial charge in [0, 0.05) is 12.5 Å². The van der Waals surface area contributed by atoms with E-state index in [9.17, 15) is 0 Å². The molecule has 0 atom stereocenters. The monoisotopic (exact) mass is 258 g/mol. The number of nitrogens with two attached hydrogens (primary N) is 1. The van der Waals surface area contributed by atoms with E-state index in [0.717, 1.165) is 25.9 Å². The van der Waals surface area contributed by atoms with E-state index in [1.54, 1.807) is 0 Å². The number of rotatable bonds is 11. The quantitative estimate of drug-likeness (QED) is 0.173. The summed E-state index contributed by atoms with van der Waals surface area (Å²) in [6.07, 6.45) is 5.18. The van der Waals surface area contributed by atoms with Crippen molar-refractivity contribution in [3.05, 3.63) is 0 Å². The van der Waals surface area contributed by atoms with Gasteiger partial charge in [0.1, 0.15) is 5.84 Å². The van der Waals surface area contributed by atoms with Crippen LogP contribution in [-0.4, -0.2) is 48.7 Å². The van der Waals surface area contributed by atoms with Crippen LogP contribution in [0.15, 0.2) is 5.16 Å². The van der Waals surface area contributed by atoms with E-state index in [0.29, 0.717) is 18.3 Å². The van der Waals surface area contributed by atoms with Crippen molar-refractivity contribution in [1.29, 1.82) is 0 Å². The summed E-state index contributed by atoms with van der Waals surface area (Å²) in [5.41, 5.74) is 5.38. The lowest BCUT2D eigenvalue weighted by Gasteiger charge is -2.20. The molecule has 5 heteroatoms. The van der Waals surface area contributed by atoms with Crippen LogP contribution in [0.1, 0.15) is 46.0 Å². The Morgan fingerprint density at radius 2 is 1.83 bits per heavy atom. The third-order valence-electron chi connectivity index (χ3n) is 3.16. The van der Waals surface area contributed by atoms with Gasteiger partial charge >= 0.3 is 0 Å². The molecule has 0 aliphatic carbocycles. The minimum atomic E-state index is 0.326. The average molecular weight is 258 g/mol. The van der Waals surface area contributed by atoms with Gasteiger partial charge in [-0.3, -0.25) is 0 Å². The number of unbranched alkanes of at least 4 members (excludes halogenated alkanes) is 2. The summed E-state index contributed by atoms with van der Waals surface area (Å²) >= 11 is 0. The summed E-state index contributed by atoms with van der Waals surface area (Å²) in [7, 11) is 2.17. The minimum absolute atomic E-state index is 0.326. The molecule has 18 heavy (non-hydrogen) atoms. The molecule has 0 fully saturated rings. The van der Waals surface area contributed by atoms with E-state index in [2.05, 4.69) is 36.3 Å². The second-order valence-electron chi connectivity index (χ2n) is 5.08. The highest BCUT2D eigenvalue weighted by atomic mass is 16.4. The van der Waals surface area contributed by atoms with Crippen molar-refractivity contribution in [2.75, 3.05) is 26.7 Å². The van der Waals surface area contributed by atoms with Crippen molar-refractivity contribution in [2.24, 2.45) is 10.9 Å². The first-order valence-corrected chi connectivity index (χ1v) is 6.95. The minimum Gasteiger partial charge on any atom is -0.409 e. The number of hydrogen-bond donors (Lipinski definition) is 3. The van der Waals surface area contributed by atoms with Crippen LogP contribution in [0.5, 0.6) is 0 Å². The molecule has 0 amide bonds.